The molecule has 20 heavy (non-hydrogen) atoms. The van der Waals surface area contributed by atoms with E-state index in [0.29, 0.717) is 10.8 Å². The molecule has 3 rings (SSSR count). The summed E-state index contributed by atoms with van der Waals surface area (Å²) in [6.07, 6.45) is 0. The summed E-state index contributed by atoms with van der Waals surface area (Å²) in [7, 11) is 0. The largest absolute Gasteiger partial charge is 0.477 e. The van der Waals surface area contributed by atoms with Crippen LogP contribution in [-0.2, 0) is 0 Å². The fourth-order valence-electron chi connectivity index (χ4n) is 2.28. The zero-order valence-corrected chi connectivity index (χ0v) is 10.2. The third kappa shape index (κ3) is 1.76. The quantitative estimate of drug-likeness (QED) is 0.697. The van der Waals surface area contributed by atoms with E-state index in [2.05, 4.69) is 4.98 Å². The number of carbonyl (C=O) groups is 2. The van der Waals surface area contributed by atoms with E-state index in [0.717, 1.165) is 10.8 Å². The Morgan fingerprint density at radius 2 is 1.60 bits per heavy atom. The highest BCUT2D eigenvalue weighted by molar-refractivity contribution is 6.14. The van der Waals surface area contributed by atoms with Gasteiger partial charge in [0, 0.05) is 5.39 Å². The second-order valence-corrected chi connectivity index (χ2v) is 4.35. The number of benzene rings is 2. The first-order chi connectivity index (χ1) is 9.58. The van der Waals surface area contributed by atoms with Crippen LogP contribution >= 0.6 is 0 Å². The number of hydrogen-bond donors (Lipinski definition) is 2. The van der Waals surface area contributed by atoms with Gasteiger partial charge in [0.15, 0.2) is 5.69 Å². The minimum Gasteiger partial charge on any atom is -0.477 e. The summed E-state index contributed by atoms with van der Waals surface area (Å²) in [6.45, 7) is 0. The molecule has 0 radical (unpaired) electrons. The molecule has 2 aromatic carbocycles. The van der Waals surface area contributed by atoms with Crippen LogP contribution in [0.2, 0.25) is 0 Å². The molecule has 0 aliphatic carbocycles. The zero-order valence-electron chi connectivity index (χ0n) is 10.2. The lowest BCUT2D eigenvalue weighted by Gasteiger charge is -2.07. The van der Waals surface area contributed by atoms with Gasteiger partial charge in [-0.05, 0) is 22.2 Å². The van der Waals surface area contributed by atoms with Gasteiger partial charge in [0.05, 0.1) is 0 Å². The molecular weight excluding hydrogens is 258 g/mol. The summed E-state index contributed by atoms with van der Waals surface area (Å²) >= 11 is 0. The van der Waals surface area contributed by atoms with Gasteiger partial charge >= 0.3 is 11.9 Å². The van der Waals surface area contributed by atoms with Crippen LogP contribution in [0.1, 0.15) is 21.0 Å². The molecule has 3 aromatic rings. The minimum absolute atomic E-state index is 0.245. The van der Waals surface area contributed by atoms with Crippen LogP contribution in [0.15, 0.2) is 42.5 Å². The maximum atomic E-state index is 11.3. The number of aromatic carboxylic acids is 2. The van der Waals surface area contributed by atoms with Crippen molar-refractivity contribution in [1.82, 2.24) is 4.98 Å². The van der Waals surface area contributed by atoms with Crippen molar-refractivity contribution in [3.05, 3.63) is 53.9 Å². The highest BCUT2D eigenvalue weighted by atomic mass is 16.4. The number of hydrogen-bond acceptors (Lipinski definition) is 3. The second-order valence-electron chi connectivity index (χ2n) is 4.35. The molecule has 0 saturated carbocycles. The smallest absolute Gasteiger partial charge is 0.355 e. The van der Waals surface area contributed by atoms with E-state index in [1.165, 1.54) is 6.07 Å². The molecule has 0 aliphatic heterocycles. The van der Waals surface area contributed by atoms with Crippen molar-refractivity contribution in [3.63, 3.8) is 0 Å². The number of rotatable bonds is 2. The summed E-state index contributed by atoms with van der Waals surface area (Å²) in [5.74, 6) is -2.49. The standard InChI is InChI=1S/C15H9NO4/c17-14(18)12-7-11-9-4-2-1-3-8(9)5-6-10(11)13(16-12)15(19)20/h1-7H,(H,17,18)(H,19,20). The normalized spacial score (nSPS) is 10.8. The Morgan fingerprint density at radius 1 is 0.850 bits per heavy atom. The predicted molar refractivity (Wildman–Crippen MR) is 73.2 cm³/mol. The second kappa shape index (κ2) is 4.31. The fourth-order valence-corrected chi connectivity index (χ4v) is 2.28. The van der Waals surface area contributed by atoms with Crippen LogP contribution in [0.3, 0.4) is 0 Å². The van der Waals surface area contributed by atoms with Crippen molar-refractivity contribution >= 4 is 33.5 Å². The summed E-state index contributed by atoms with van der Waals surface area (Å²) in [5, 5.41) is 21.0. The summed E-state index contributed by atoms with van der Waals surface area (Å²) in [6, 6.07) is 12.3. The van der Waals surface area contributed by atoms with E-state index in [4.69, 9.17) is 5.11 Å². The maximum Gasteiger partial charge on any atom is 0.355 e. The van der Waals surface area contributed by atoms with Crippen molar-refractivity contribution in [1.29, 1.82) is 0 Å². The number of carboxylic acids is 2. The Morgan fingerprint density at radius 3 is 2.30 bits per heavy atom. The first-order valence-corrected chi connectivity index (χ1v) is 5.87. The van der Waals surface area contributed by atoms with Gasteiger partial charge in [0.2, 0.25) is 0 Å². The molecule has 0 fully saturated rings. The van der Waals surface area contributed by atoms with Gasteiger partial charge in [-0.15, -0.1) is 0 Å². The van der Waals surface area contributed by atoms with Crippen molar-refractivity contribution in [2.45, 2.75) is 0 Å². The highest BCUT2D eigenvalue weighted by Gasteiger charge is 2.17. The molecule has 2 N–H and O–H groups in total. The first kappa shape index (κ1) is 12.1. The Bertz CT molecular complexity index is 870. The average Bonchev–Trinajstić information content (AvgIpc) is 2.45. The molecule has 0 aliphatic rings. The lowest BCUT2D eigenvalue weighted by Crippen LogP contribution is -2.08. The van der Waals surface area contributed by atoms with E-state index < -0.39 is 11.9 Å². The van der Waals surface area contributed by atoms with Gasteiger partial charge in [-0.1, -0.05) is 36.4 Å². The van der Waals surface area contributed by atoms with Crippen molar-refractivity contribution < 1.29 is 19.8 Å². The lowest BCUT2D eigenvalue weighted by molar-refractivity contribution is 0.0687. The van der Waals surface area contributed by atoms with E-state index in [9.17, 15) is 14.7 Å². The van der Waals surface area contributed by atoms with Gasteiger partial charge in [-0.2, -0.15) is 0 Å². The molecular formula is C15H9NO4. The minimum atomic E-state index is -1.25. The number of carboxylic acid groups (broad SMARTS) is 2. The van der Waals surface area contributed by atoms with Crippen LogP contribution in [-0.4, -0.2) is 27.1 Å². The highest BCUT2D eigenvalue weighted by Crippen LogP contribution is 2.27. The molecule has 5 heteroatoms. The number of aromatic nitrogens is 1. The predicted octanol–water partition coefficient (Wildman–Crippen LogP) is 2.78. The first-order valence-electron chi connectivity index (χ1n) is 5.87. The molecule has 98 valence electrons. The zero-order chi connectivity index (χ0) is 14.3. The lowest BCUT2D eigenvalue weighted by atomic mass is 10.0. The Balaban J connectivity index is 2.53. The Hall–Kier alpha value is -2.95. The third-order valence-electron chi connectivity index (χ3n) is 3.16. The summed E-state index contributed by atoms with van der Waals surface area (Å²) < 4.78 is 0. The molecule has 5 nitrogen and oxygen atoms in total. The number of pyridine rings is 1. The van der Waals surface area contributed by atoms with Crippen LogP contribution in [0, 0.1) is 0 Å². The molecule has 0 unspecified atom stereocenters. The van der Waals surface area contributed by atoms with Gasteiger partial charge in [-0.3, -0.25) is 0 Å². The van der Waals surface area contributed by atoms with E-state index in [1.54, 1.807) is 12.1 Å². The van der Waals surface area contributed by atoms with Crippen LogP contribution < -0.4 is 0 Å². The third-order valence-corrected chi connectivity index (χ3v) is 3.16. The Labute approximate surface area is 113 Å². The van der Waals surface area contributed by atoms with Gasteiger partial charge in [0.1, 0.15) is 5.69 Å². The topological polar surface area (TPSA) is 87.5 Å². The number of fused-ring (bicyclic) bond motifs is 3. The maximum absolute atomic E-state index is 11.3. The van der Waals surface area contributed by atoms with Crippen LogP contribution in [0.25, 0.3) is 21.5 Å². The monoisotopic (exact) mass is 267 g/mol. The molecule has 0 saturated heterocycles. The fraction of sp³-hybridized carbons (Fsp3) is 0. The molecule has 1 aromatic heterocycles. The van der Waals surface area contributed by atoms with Crippen LogP contribution in [0.5, 0.6) is 0 Å². The molecule has 0 atom stereocenters. The van der Waals surface area contributed by atoms with Crippen molar-refractivity contribution in [2.24, 2.45) is 0 Å². The van der Waals surface area contributed by atoms with E-state index in [1.807, 2.05) is 24.3 Å². The molecule has 1 heterocycles. The summed E-state index contributed by atoms with van der Waals surface area (Å²) in [4.78, 5) is 26.1. The van der Waals surface area contributed by atoms with Crippen molar-refractivity contribution in [2.75, 3.05) is 0 Å². The SMILES string of the molecule is O=C(O)c1cc2c(ccc3ccccc32)c(C(=O)O)n1. The molecule has 0 bridgehead atoms. The van der Waals surface area contributed by atoms with Crippen LogP contribution in [0.4, 0.5) is 0 Å². The molecule has 0 amide bonds. The van der Waals surface area contributed by atoms with E-state index >= 15 is 0 Å². The van der Waals surface area contributed by atoms with Gasteiger partial charge < -0.3 is 10.2 Å². The Kier molecular flexibility index (Phi) is 2.61. The van der Waals surface area contributed by atoms with E-state index in [-0.39, 0.29) is 11.4 Å². The van der Waals surface area contributed by atoms with Gasteiger partial charge in [0.25, 0.3) is 0 Å². The van der Waals surface area contributed by atoms with Crippen molar-refractivity contribution in [3.8, 4) is 0 Å². The number of nitrogens with zero attached hydrogens (tertiary/aromatic N) is 1. The van der Waals surface area contributed by atoms with Gasteiger partial charge in [-0.25, -0.2) is 14.6 Å². The molecule has 0 spiro atoms. The average molecular weight is 267 g/mol. The summed E-state index contributed by atoms with van der Waals surface area (Å²) in [5.41, 5.74) is -0.517.